The molecule has 8 heteroatoms. The fourth-order valence-corrected chi connectivity index (χ4v) is 5.64. The molecule has 4 heterocycles. The number of rotatable bonds is 4. The largest absolute Gasteiger partial charge is 0.350 e. The van der Waals surface area contributed by atoms with Crippen molar-refractivity contribution in [2.24, 2.45) is 11.8 Å². The molecule has 4 atom stereocenters. The molecule has 3 saturated heterocycles. The number of fused-ring (bicyclic) bond motifs is 4. The van der Waals surface area contributed by atoms with E-state index in [9.17, 15) is 4.79 Å². The Kier molecular flexibility index (Phi) is 7.80. The van der Waals surface area contributed by atoms with Gasteiger partial charge in [0.1, 0.15) is 5.82 Å². The molecule has 2 bridgehead atoms. The van der Waals surface area contributed by atoms with Gasteiger partial charge in [-0.15, -0.1) is 24.8 Å². The first-order chi connectivity index (χ1) is 13.8. The van der Waals surface area contributed by atoms with Crippen LogP contribution >= 0.6 is 24.8 Å². The highest BCUT2D eigenvalue weighted by Crippen LogP contribution is 2.38. The second kappa shape index (κ2) is 10.1. The second-order valence-corrected chi connectivity index (χ2v) is 8.48. The zero-order valence-corrected chi connectivity index (χ0v) is 18.7. The van der Waals surface area contributed by atoms with E-state index in [4.69, 9.17) is 0 Å². The average Bonchev–Trinajstić information content (AvgIpc) is 3.29. The molecule has 2 aromatic rings. The second-order valence-electron chi connectivity index (χ2n) is 8.48. The molecule has 3 aliphatic rings. The first-order valence-corrected chi connectivity index (χ1v) is 10.6. The zero-order valence-electron chi connectivity index (χ0n) is 17.0. The van der Waals surface area contributed by atoms with E-state index in [1.807, 2.05) is 24.3 Å². The van der Waals surface area contributed by atoms with E-state index >= 15 is 0 Å². The molecule has 0 saturated carbocycles. The number of aromatic amines is 1. The molecule has 3 N–H and O–H groups in total. The van der Waals surface area contributed by atoms with Gasteiger partial charge >= 0.3 is 0 Å². The maximum absolute atomic E-state index is 13.0. The smallest absolute Gasteiger partial charge is 0.252 e. The van der Waals surface area contributed by atoms with Crippen molar-refractivity contribution in [3.8, 4) is 11.4 Å². The van der Waals surface area contributed by atoms with Gasteiger partial charge in [0.2, 0.25) is 0 Å². The lowest BCUT2D eigenvalue weighted by atomic mass is 9.73. The standard InChI is InChI=1S/C22H29N5O.2ClH/c28-22(18-6-2-1-5-17(18)21-24-8-9-25-21)26-14-20-16-11-15(12-23-13-16)19-7-3-4-10-27(19)20;;/h1-2,5-6,8-9,15-16,19-20,23H,3-4,7,10-14H2,(H,24,25)(H,26,28);2*1H/t15-,16+,19+,20+;;/m1../s1. The van der Waals surface area contributed by atoms with Crippen LogP contribution in [0.1, 0.15) is 36.0 Å². The lowest BCUT2D eigenvalue weighted by Crippen LogP contribution is -2.65. The molecule has 5 rings (SSSR count). The van der Waals surface area contributed by atoms with Crippen LogP contribution in [0.15, 0.2) is 36.7 Å². The molecule has 6 nitrogen and oxygen atoms in total. The highest BCUT2D eigenvalue weighted by atomic mass is 35.5. The molecule has 1 amide bonds. The summed E-state index contributed by atoms with van der Waals surface area (Å²) in [6, 6.07) is 8.82. The SMILES string of the molecule is Cl.Cl.O=C(NC[C@H]1[C@@H]2CNC[C@@H](C2)[C@@H]2CCCCN21)c1ccccc1-c1ncc[nH]1. The van der Waals surface area contributed by atoms with Gasteiger partial charge in [0.15, 0.2) is 0 Å². The Hall–Kier alpha value is -1.60. The number of benzene rings is 1. The van der Waals surface area contributed by atoms with E-state index < -0.39 is 0 Å². The number of carbonyl (C=O) groups is 1. The van der Waals surface area contributed by atoms with Crippen molar-refractivity contribution in [2.45, 2.75) is 37.8 Å². The van der Waals surface area contributed by atoms with Crippen LogP contribution in [0.2, 0.25) is 0 Å². The van der Waals surface area contributed by atoms with Crippen LogP contribution in [-0.2, 0) is 0 Å². The summed E-state index contributed by atoms with van der Waals surface area (Å²) in [4.78, 5) is 23.2. The zero-order chi connectivity index (χ0) is 18.9. The third-order valence-corrected chi connectivity index (χ3v) is 6.92. The molecule has 0 spiro atoms. The van der Waals surface area contributed by atoms with Gasteiger partial charge in [-0.3, -0.25) is 9.69 Å². The lowest BCUT2D eigenvalue weighted by Gasteiger charge is -2.55. The highest BCUT2D eigenvalue weighted by molar-refractivity contribution is 6.00. The molecule has 3 fully saturated rings. The lowest BCUT2D eigenvalue weighted by molar-refractivity contribution is -0.0371. The predicted octanol–water partition coefficient (Wildman–Crippen LogP) is 3.11. The van der Waals surface area contributed by atoms with Gasteiger partial charge in [0, 0.05) is 36.6 Å². The molecule has 164 valence electrons. The van der Waals surface area contributed by atoms with Gasteiger partial charge in [-0.1, -0.05) is 24.6 Å². The number of amides is 1. The summed E-state index contributed by atoms with van der Waals surface area (Å²) in [7, 11) is 0. The summed E-state index contributed by atoms with van der Waals surface area (Å²) in [5.41, 5.74) is 1.53. The van der Waals surface area contributed by atoms with E-state index in [1.54, 1.807) is 12.4 Å². The normalized spacial score (nSPS) is 27.9. The summed E-state index contributed by atoms with van der Waals surface area (Å²) in [5, 5.41) is 6.90. The fraction of sp³-hybridized carbons (Fsp3) is 0.545. The van der Waals surface area contributed by atoms with Gasteiger partial charge in [-0.05, 0) is 56.8 Å². The minimum Gasteiger partial charge on any atom is -0.350 e. The third-order valence-electron chi connectivity index (χ3n) is 6.92. The van der Waals surface area contributed by atoms with Crippen LogP contribution in [0, 0.1) is 11.8 Å². The Morgan fingerprint density at radius 3 is 2.83 bits per heavy atom. The third kappa shape index (κ3) is 4.37. The van der Waals surface area contributed by atoms with E-state index in [2.05, 4.69) is 25.5 Å². The van der Waals surface area contributed by atoms with E-state index in [-0.39, 0.29) is 30.7 Å². The Labute approximate surface area is 190 Å². The van der Waals surface area contributed by atoms with Crippen LogP contribution in [0.25, 0.3) is 11.4 Å². The van der Waals surface area contributed by atoms with Crippen LogP contribution in [-0.4, -0.2) is 59.0 Å². The van der Waals surface area contributed by atoms with Gasteiger partial charge in [0.05, 0.1) is 5.56 Å². The number of H-pyrrole nitrogens is 1. The molecular weight excluding hydrogens is 421 g/mol. The molecule has 0 radical (unpaired) electrons. The maximum Gasteiger partial charge on any atom is 0.252 e. The van der Waals surface area contributed by atoms with Crippen molar-refractivity contribution < 1.29 is 4.79 Å². The van der Waals surface area contributed by atoms with E-state index in [0.29, 0.717) is 23.6 Å². The van der Waals surface area contributed by atoms with Gasteiger partial charge < -0.3 is 15.6 Å². The van der Waals surface area contributed by atoms with Gasteiger partial charge in [-0.2, -0.15) is 0 Å². The van der Waals surface area contributed by atoms with Crippen LogP contribution in [0.3, 0.4) is 0 Å². The number of imidazole rings is 1. The topological polar surface area (TPSA) is 73.1 Å². The molecule has 1 aromatic carbocycles. The Morgan fingerprint density at radius 1 is 1.17 bits per heavy atom. The maximum atomic E-state index is 13.0. The number of hydrogen-bond donors (Lipinski definition) is 3. The monoisotopic (exact) mass is 451 g/mol. The van der Waals surface area contributed by atoms with Crippen molar-refractivity contribution >= 4 is 30.7 Å². The van der Waals surface area contributed by atoms with Crippen molar-refractivity contribution in [1.82, 2.24) is 25.5 Å². The van der Waals surface area contributed by atoms with Crippen molar-refractivity contribution in [3.63, 3.8) is 0 Å². The van der Waals surface area contributed by atoms with Crippen LogP contribution in [0.4, 0.5) is 0 Å². The number of halogens is 2. The number of aromatic nitrogens is 2. The first-order valence-electron chi connectivity index (χ1n) is 10.6. The van der Waals surface area contributed by atoms with Crippen molar-refractivity contribution in [3.05, 3.63) is 42.2 Å². The summed E-state index contributed by atoms with van der Waals surface area (Å²) in [6.45, 7) is 4.14. The minimum absolute atomic E-state index is 0. The number of piperidine rings is 3. The Balaban J connectivity index is 0.00000128. The Bertz CT molecular complexity index is 831. The summed E-state index contributed by atoms with van der Waals surface area (Å²) < 4.78 is 0. The molecule has 0 aliphatic carbocycles. The quantitative estimate of drug-likeness (QED) is 0.667. The highest BCUT2D eigenvalue weighted by Gasteiger charge is 2.45. The molecule has 1 aromatic heterocycles. The van der Waals surface area contributed by atoms with Gasteiger partial charge in [0.25, 0.3) is 5.91 Å². The number of hydrogen-bond acceptors (Lipinski definition) is 4. The number of nitrogens with one attached hydrogen (secondary N) is 3. The van der Waals surface area contributed by atoms with Crippen molar-refractivity contribution in [1.29, 1.82) is 0 Å². The number of carbonyl (C=O) groups excluding carboxylic acids is 1. The Morgan fingerprint density at radius 2 is 2.00 bits per heavy atom. The minimum atomic E-state index is -0.00792. The molecule has 3 aliphatic heterocycles. The fourth-order valence-electron chi connectivity index (χ4n) is 5.64. The number of nitrogens with zero attached hydrogens (tertiary/aromatic N) is 2. The molecule has 0 unspecified atom stereocenters. The molecular formula is C22H31Cl2N5O. The first kappa shape index (κ1) is 23.1. The molecule has 30 heavy (non-hydrogen) atoms. The predicted molar refractivity (Wildman–Crippen MR) is 123 cm³/mol. The summed E-state index contributed by atoms with van der Waals surface area (Å²) in [5.74, 6) is 2.14. The summed E-state index contributed by atoms with van der Waals surface area (Å²) >= 11 is 0. The van der Waals surface area contributed by atoms with E-state index in [0.717, 1.165) is 36.9 Å². The van der Waals surface area contributed by atoms with Crippen LogP contribution < -0.4 is 10.6 Å². The van der Waals surface area contributed by atoms with Crippen molar-refractivity contribution in [2.75, 3.05) is 26.2 Å². The van der Waals surface area contributed by atoms with E-state index in [1.165, 1.54) is 32.2 Å². The average molecular weight is 452 g/mol. The van der Waals surface area contributed by atoms with Crippen LogP contribution in [0.5, 0.6) is 0 Å². The van der Waals surface area contributed by atoms with Gasteiger partial charge in [-0.25, -0.2) is 4.98 Å². The summed E-state index contributed by atoms with van der Waals surface area (Å²) in [6.07, 6.45) is 8.75.